The predicted molar refractivity (Wildman–Crippen MR) is 122 cm³/mol. The van der Waals surface area contributed by atoms with Crippen LogP contribution in [0.3, 0.4) is 0 Å². The van der Waals surface area contributed by atoms with Crippen LogP contribution in [0.2, 0.25) is 0 Å². The van der Waals surface area contributed by atoms with E-state index >= 15 is 0 Å². The number of primary amides is 1. The van der Waals surface area contributed by atoms with E-state index in [1.54, 1.807) is 6.07 Å². The molecule has 32 heavy (non-hydrogen) atoms. The van der Waals surface area contributed by atoms with Gasteiger partial charge in [-0.05, 0) is 49.1 Å². The number of hydrogen-bond donors (Lipinski definition) is 1. The Balaban J connectivity index is 1.74. The molecule has 7 heteroatoms. The number of methoxy groups -OCH3 is 1. The van der Waals surface area contributed by atoms with Crippen LogP contribution >= 0.6 is 0 Å². The minimum absolute atomic E-state index is 0.00169. The zero-order chi connectivity index (χ0) is 22.9. The number of nitrogens with two attached hydrogens (primary N) is 1. The minimum atomic E-state index is -0.557. The van der Waals surface area contributed by atoms with Gasteiger partial charge in [0, 0.05) is 12.6 Å². The molecule has 1 aliphatic rings. The van der Waals surface area contributed by atoms with E-state index in [1.165, 1.54) is 13.5 Å². The van der Waals surface area contributed by atoms with Crippen LogP contribution in [-0.4, -0.2) is 43.1 Å². The van der Waals surface area contributed by atoms with Crippen LogP contribution in [-0.2, 0) is 16.1 Å². The van der Waals surface area contributed by atoms with Gasteiger partial charge in [0.25, 0.3) is 11.8 Å². The second-order valence-corrected chi connectivity index (χ2v) is 8.11. The molecule has 1 aliphatic carbocycles. The summed E-state index contributed by atoms with van der Waals surface area (Å²) in [5.74, 6) is 1.07. The molecule has 2 aromatic rings. The lowest BCUT2D eigenvalue weighted by Gasteiger charge is -2.34. The molecule has 1 saturated carbocycles. The Morgan fingerprint density at radius 3 is 2.38 bits per heavy atom. The molecule has 0 radical (unpaired) electrons. The molecule has 1 fully saturated rings. The molecule has 2 aromatic carbocycles. The molecule has 0 unspecified atom stereocenters. The van der Waals surface area contributed by atoms with Crippen molar-refractivity contribution in [2.24, 2.45) is 5.73 Å². The maximum atomic E-state index is 13.2. The molecular formula is C25H32N2O5. The van der Waals surface area contributed by atoms with Crippen LogP contribution in [0.5, 0.6) is 17.2 Å². The Morgan fingerprint density at radius 2 is 1.69 bits per heavy atom. The molecule has 0 bridgehead atoms. The molecule has 172 valence electrons. The number of carbonyl (C=O) groups excluding carboxylic acids is 2. The highest BCUT2D eigenvalue weighted by molar-refractivity contribution is 5.78. The van der Waals surface area contributed by atoms with E-state index in [0.29, 0.717) is 18.0 Å². The average Bonchev–Trinajstić information content (AvgIpc) is 2.81. The van der Waals surface area contributed by atoms with Gasteiger partial charge in [-0.2, -0.15) is 0 Å². The third-order valence-electron chi connectivity index (χ3n) is 5.73. The number of para-hydroxylation sites is 1. The lowest BCUT2D eigenvalue weighted by Crippen LogP contribution is -2.43. The Hall–Kier alpha value is -3.22. The molecule has 0 aromatic heterocycles. The Labute approximate surface area is 189 Å². The first-order chi connectivity index (χ1) is 15.5. The topological polar surface area (TPSA) is 91.1 Å². The van der Waals surface area contributed by atoms with Gasteiger partial charge in [0.2, 0.25) is 0 Å². The van der Waals surface area contributed by atoms with Gasteiger partial charge in [-0.3, -0.25) is 9.59 Å². The fourth-order valence-corrected chi connectivity index (χ4v) is 4.03. The first-order valence-electron chi connectivity index (χ1n) is 11.0. The number of amides is 2. The largest absolute Gasteiger partial charge is 0.493 e. The van der Waals surface area contributed by atoms with Crippen molar-refractivity contribution in [3.8, 4) is 17.2 Å². The first kappa shape index (κ1) is 23.4. The molecule has 0 heterocycles. The number of benzene rings is 2. The third-order valence-corrected chi connectivity index (χ3v) is 5.73. The summed E-state index contributed by atoms with van der Waals surface area (Å²) in [5.41, 5.74) is 7.08. The van der Waals surface area contributed by atoms with E-state index in [4.69, 9.17) is 19.9 Å². The summed E-state index contributed by atoms with van der Waals surface area (Å²) in [6.45, 7) is 2.19. The molecule has 0 atom stereocenters. The molecule has 3 rings (SSSR count). The highest BCUT2D eigenvalue weighted by atomic mass is 16.5. The van der Waals surface area contributed by atoms with E-state index in [1.807, 2.05) is 48.2 Å². The lowest BCUT2D eigenvalue weighted by molar-refractivity contribution is -0.137. The van der Waals surface area contributed by atoms with Crippen LogP contribution in [0.1, 0.15) is 43.2 Å². The third kappa shape index (κ3) is 6.39. The number of hydrogen-bond acceptors (Lipinski definition) is 5. The molecular weight excluding hydrogens is 408 g/mol. The van der Waals surface area contributed by atoms with Crippen LogP contribution in [0.15, 0.2) is 42.5 Å². The number of ether oxygens (including phenoxy) is 3. The second-order valence-electron chi connectivity index (χ2n) is 8.11. The van der Waals surface area contributed by atoms with Crippen LogP contribution in [0.4, 0.5) is 0 Å². The Morgan fingerprint density at radius 1 is 0.969 bits per heavy atom. The van der Waals surface area contributed by atoms with E-state index < -0.39 is 5.91 Å². The summed E-state index contributed by atoms with van der Waals surface area (Å²) in [7, 11) is 1.54. The standard InChI is InChI=1S/C25H32N2O5/c1-18-8-6-7-11-21(18)32-17-25(29)27(20-9-4-3-5-10-20)15-19-12-13-22(23(14-19)30-2)31-16-24(26)28/h6-8,11-14,20H,3-5,9-10,15-17H2,1-2H3,(H2,26,28). The Kier molecular flexibility index (Phi) is 8.36. The van der Waals surface area contributed by atoms with Crippen molar-refractivity contribution in [3.05, 3.63) is 53.6 Å². The van der Waals surface area contributed by atoms with Crippen molar-refractivity contribution in [1.82, 2.24) is 4.90 Å². The predicted octanol–water partition coefficient (Wildman–Crippen LogP) is 3.61. The molecule has 0 saturated heterocycles. The summed E-state index contributed by atoms with van der Waals surface area (Å²) in [6.07, 6.45) is 5.44. The van der Waals surface area contributed by atoms with Crippen molar-refractivity contribution in [2.75, 3.05) is 20.3 Å². The number of aryl methyl sites for hydroxylation is 1. The highest BCUT2D eigenvalue weighted by Crippen LogP contribution is 2.30. The van der Waals surface area contributed by atoms with Gasteiger partial charge >= 0.3 is 0 Å². The van der Waals surface area contributed by atoms with E-state index in [2.05, 4.69) is 0 Å². The van der Waals surface area contributed by atoms with Crippen molar-refractivity contribution in [3.63, 3.8) is 0 Å². The zero-order valence-corrected chi connectivity index (χ0v) is 18.8. The van der Waals surface area contributed by atoms with Crippen molar-refractivity contribution >= 4 is 11.8 Å². The van der Waals surface area contributed by atoms with Gasteiger partial charge < -0.3 is 24.8 Å². The number of nitrogens with zero attached hydrogens (tertiary/aromatic N) is 1. The maximum absolute atomic E-state index is 13.2. The molecule has 0 aliphatic heterocycles. The van der Waals surface area contributed by atoms with Crippen LogP contribution in [0.25, 0.3) is 0 Å². The van der Waals surface area contributed by atoms with Gasteiger partial charge in [-0.15, -0.1) is 0 Å². The van der Waals surface area contributed by atoms with E-state index in [-0.39, 0.29) is 25.2 Å². The van der Waals surface area contributed by atoms with Gasteiger partial charge in [-0.1, -0.05) is 43.5 Å². The fraction of sp³-hybridized carbons (Fsp3) is 0.440. The smallest absolute Gasteiger partial charge is 0.261 e. The number of rotatable bonds is 10. The Bertz CT molecular complexity index is 924. The van der Waals surface area contributed by atoms with E-state index in [0.717, 1.165) is 42.6 Å². The second kappa shape index (κ2) is 11.4. The van der Waals surface area contributed by atoms with Gasteiger partial charge in [0.15, 0.2) is 24.7 Å². The van der Waals surface area contributed by atoms with E-state index in [9.17, 15) is 9.59 Å². The summed E-state index contributed by atoms with van der Waals surface area (Å²) in [6, 6.07) is 13.3. The van der Waals surface area contributed by atoms with Crippen molar-refractivity contribution in [1.29, 1.82) is 0 Å². The summed E-state index contributed by atoms with van der Waals surface area (Å²) >= 11 is 0. The van der Waals surface area contributed by atoms with Crippen molar-refractivity contribution in [2.45, 2.75) is 51.6 Å². The minimum Gasteiger partial charge on any atom is -0.493 e. The van der Waals surface area contributed by atoms with Crippen LogP contribution in [0, 0.1) is 6.92 Å². The van der Waals surface area contributed by atoms with Gasteiger partial charge in [0.1, 0.15) is 5.75 Å². The SMILES string of the molecule is COc1cc(CN(C(=O)COc2ccccc2C)C2CCCCC2)ccc1OCC(N)=O. The lowest BCUT2D eigenvalue weighted by atomic mass is 9.93. The molecule has 7 nitrogen and oxygen atoms in total. The first-order valence-corrected chi connectivity index (χ1v) is 11.0. The van der Waals surface area contributed by atoms with Crippen molar-refractivity contribution < 1.29 is 23.8 Å². The van der Waals surface area contributed by atoms with Gasteiger partial charge in [0.05, 0.1) is 7.11 Å². The summed E-state index contributed by atoms with van der Waals surface area (Å²) in [5, 5.41) is 0. The molecule has 0 spiro atoms. The summed E-state index contributed by atoms with van der Waals surface area (Å²) < 4.78 is 16.7. The molecule has 2 N–H and O–H groups in total. The number of carbonyl (C=O) groups is 2. The molecule has 2 amide bonds. The normalized spacial score (nSPS) is 13.9. The maximum Gasteiger partial charge on any atom is 0.261 e. The quantitative estimate of drug-likeness (QED) is 0.609. The van der Waals surface area contributed by atoms with Gasteiger partial charge in [-0.25, -0.2) is 0 Å². The fourth-order valence-electron chi connectivity index (χ4n) is 4.03. The monoisotopic (exact) mass is 440 g/mol. The zero-order valence-electron chi connectivity index (χ0n) is 18.8. The highest BCUT2D eigenvalue weighted by Gasteiger charge is 2.26. The van der Waals surface area contributed by atoms with Crippen LogP contribution < -0.4 is 19.9 Å². The average molecular weight is 441 g/mol. The summed E-state index contributed by atoms with van der Waals surface area (Å²) in [4.78, 5) is 26.2.